The molecule has 0 radical (unpaired) electrons. The Bertz CT molecular complexity index is 1570. The number of carboxylic acids is 1. The zero-order valence-electron chi connectivity index (χ0n) is 20.4. The van der Waals surface area contributed by atoms with Crippen LogP contribution >= 0.6 is 11.6 Å². The van der Waals surface area contributed by atoms with E-state index in [1.54, 1.807) is 18.2 Å². The molecule has 0 fully saturated rings. The van der Waals surface area contributed by atoms with Gasteiger partial charge >= 0.3 is 41.7 Å². The summed E-state index contributed by atoms with van der Waals surface area (Å²) in [5, 5.41) is 20.2. The normalized spacial score (nSPS) is 14.2. The number of hydrogen-bond donors (Lipinski definition) is 2. The molecule has 2 N–H and O–H groups in total. The van der Waals surface area contributed by atoms with Crippen molar-refractivity contribution in [2.75, 3.05) is 11.9 Å². The number of nitrogens with zero attached hydrogens (tertiary/aromatic N) is 2. The second-order valence-corrected chi connectivity index (χ2v) is 9.22. The molecule has 8 nitrogen and oxygen atoms in total. The quantitative estimate of drug-likeness (QED) is 0.258. The molecular formula is C28H20ClF3N3NaO5. The van der Waals surface area contributed by atoms with Crippen LogP contribution in [0.1, 0.15) is 33.8 Å². The molecule has 4 aromatic rings. The number of fused-ring (bicyclic) bond motifs is 1. The number of halogens is 4. The summed E-state index contributed by atoms with van der Waals surface area (Å²) in [6.45, 7) is 0.261. The van der Waals surface area contributed by atoms with Gasteiger partial charge in [-0.05, 0) is 61.0 Å². The average molecular weight is 594 g/mol. The fraction of sp³-hybridized carbons (Fsp3) is 0.143. The van der Waals surface area contributed by atoms with Gasteiger partial charge in [0, 0.05) is 22.8 Å². The standard InChI is InChI=1S/C28H19ClF3N3O5.Na.H/c29-21-13-20-19(27(37)38)11-12-39-23(20)14-24(21)40-18-7-3-16(4-8-18)26(36)33-25-10-9-22(34-35-25)15-1-5-17(6-2-15)28(30,31)32;;/h1-10,13-14,19H,11-12H2,(H,37,38)(H,33,35,36);;. The van der Waals surface area contributed by atoms with Gasteiger partial charge in [0.05, 0.1) is 28.8 Å². The Kier molecular flexibility index (Phi) is 9.23. The summed E-state index contributed by atoms with van der Waals surface area (Å²) in [5.41, 5.74) is 0.807. The monoisotopic (exact) mass is 593 g/mol. The molecule has 3 aromatic carbocycles. The number of carboxylic acid groups (broad SMARTS) is 1. The van der Waals surface area contributed by atoms with E-state index in [0.717, 1.165) is 12.1 Å². The van der Waals surface area contributed by atoms with Crippen molar-refractivity contribution in [1.29, 1.82) is 0 Å². The van der Waals surface area contributed by atoms with E-state index >= 15 is 0 Å². The number of carbonyl (C=O) groups excluding carboxylic acids is 1. The van der Waals surface area contributed by atoms with Crippen LogP contribution in [0, 0.1) is 0 Å². The molecule has 1 atom stereocenters. The van der Waals surface area contributed by atoms with E-state index in [2.05, 4.69) is 15.5 Å². The predicted molar refractivity (Wildman–Crippen MR) is 146 cm³/mol. The number of hydrogen-bond acceptors (Lipinski definition) is 6. The van der Waals surface area contributed by atoms with E-state index in [0.29, 0.717) is 40.3 Å². The van der Waals surface area contributed by atoms with E-state index in [9.17, 15) is 27.9 Å². The van der Waals surface area contributed by atoms with Gasteiger partial charge in [0.2, 0.25) is 0 Å². The SMILES string of the molecule is O=C(Nc1ccc(-c2ccc(C(F)(F)F)cc2)nn1)c1ccc(Oc2cc3c(cc2Cl)C(C(=O)O)CCO3)cc1.[NaH]. The van der Waals surface area contributed by atoms with Gasteiger partial charge in [0.25, 0.3) is 5.91 Å². The van der Waals surface area contributed by atoms with Crippen molar-refractivity contribution in [3.05, 3.63) is 94.5 Å². The summed E-state index contributed by atoms with van der Waals surface area (Å²) >= 11 is 6.33. The van der Waals surface area contributed by atoms with Crippen molar-refractivity contribution < 1.29 is 37.3 Å². The summed E-state index contributed by atoms with van der Waals surface area (Å²) in [7, 11) is 0. The number of aliphatic carboxylic acids is 1. The molecule has 1 aliphatic heterocycles. The van der Waals surface area contributed by atoms with Crippen molar-refractivity contribution in [3.8, 4) is 28.5 Å². The van der Waals surface area contributed by atoms with Gasteiger partial charge in [-0.25, -0.2) is 0 Å². The van der Waals surface area contributed by atoms with E-state index in [-0.39, 0.29) is 52.8 Å². The number of aromatic nitrogens is 2. The molecule has 5 rings (SSSR count). The molecular weight excluding hydrogens is 574 g/mol. The van der Waals surface area contributed by atoms with Gasteiger partial charge in [0.1, 0.15) is 17.2 Å². The van der Waals surface area contributed by atoms with Gasteiger partial charge in [0.15, 0.2) is 5.82 Å². The molecule has 2 heterocycles. The van der Waals surface area contributed by atoms with E-state index in [4.69, 9.17) is 21.1 Å². The van der Waals surface area contributed by atoms with Crippen LogP contribution in [0.15, 0.2) is 72.8 Å². The molecule has 0 saturated heterocycles. The van der Waals surface area contributed by atoms with Crippen LogP contribution in [-0.4, -0.2) is 63.3 Å². The third-order valence-corrected chi connectivity index (χ3v) is 6.46. The third-order valence-electron chi connectivity index (χ3n) is 6.16. The second-order valence-electron chi connectivity index (χ2n) is 8.81. The Morgan fingerprint density at radius 1 is 1.00 bits per heavy atom. The van der Waals surface area contributed by atoms with Gasteiger partial charge in [-0.3, -0.25) is 9.59 Å². The van der Waals surface area contributed by atoms with Gasteiger partial charge < -0.3 is 19.9 Å². The molecule has 0 spiro atoms. The van der Waals surface area contributed by atoms with Crippen molar-refractivity contribution >= 4 is 58.9 Å². The Morgan fingerprint density at radius 2 is 1.71 bits per heavy atom. The summed E-state index contributed by atoms with van der Waals surface area (Å²) in [5.74, 6) is -0.941. The van der Waals surface area contributed by atoms with Gasteiger partial charge in [-0.1, -0.05) is 23.7 Å². The third kappa shape index (κ3) is 6.99. The van der Waals surface area contributed by atoms with E-state index in [1.807, 2.05) is 0 Å². The molecule has 1 unspecified atom stereocenters. The molecule has 41 heavy (non-hydrogen) atoms. The summed E-state index contributed by atoms with van der Waals surface area (Å²) < 4.78 is 49.7. The zero-order chi connectivity index (χ0) is 28.4. The number of rotatable bonds is 6. The van der Waals surface area contributed by atoms with E-state index < -0.39 is 29.5 Å². The van der Waals surface area contributed by atoms with Crippen molar-refractivity contribution in [2.45, 2.75) is 18.5 Å². The van der Waals surface area contributed by atoms with Crippen molar-refractivity contribution in [1.82, 2.24) is 10.2 Å². The number of ether oxygens (including phenoxy) is 2. The summed E-state index contributed by atoms with van der Waals surface area (Å²) in [6, 6.07) is 16.8. The average Bonchev–Trinajstić information content (AvgIpc) is 2.93. The first-order chi connectivity index (χ1) is 19.1. The van der Waals surface area contributed by atoms with Crippen LogP contribution in [0.5, 0.6) is 17.2 Å². The number of alkyl halides is 3. The fourth-order valence-electron chi connectivity index (χ4n) is 4.10. The van der Waals surface area contributed by atoms with Crippen LogP contribution in [0.25, 0.3) is 11.3 Å². The van der Waals surface area contributed by atoms with Crippen LogP contribution in [0.4, 0.5) is 19.0 Å². The Morgan fingerprint density at radius 3 is 2.32 bits per heavy atom. The molecule has 0 aliphatic carbocycles. The number of carbonyl (C=O) groups is 2. The van der Waals surface area contributed by atoms with Crippen molar-refractivity contribution in [2.24, 2.45) is 0 Å². The van der Waals surface area contributed by atoms with Crippen LogP contribution in [-0.2, 0) is 11.0 Å². The Balaban J connectivity index is 0.00000387. The maximum absolute atomic E-state index is 12.8. The minimum absolute atomic E-state index is 0. The Labute approximate surface area is 258 Å². The van der Waals surface area contributed by atoms with E-state index in [1.165, 1.54) is 42.5 Å². The molecule has 1 aromatic heterocycles. The molecule has 0 bridgehead atoms. The molecule has 0 saturated carbocycles. The van der Waals surface area contributed by atoms with Crippen LogP contribution in [0.2, 0.25) is 5.02 Å². The first-order valence-electron chi connectivity index (χ1n) is 11.9. The van der Waals surface area contributed by atoms with Crippen LogP contribution < -0.4 is 14.8 Å². The zero-order valence-corrected chi connectivity index (χ0v) is 21.2. The molecule has 1 aliphatic rings. The molecule has 13 heteroatoms. The van der Waals surface area contributed by atoms with Gasteiger partial charge in [-0.2, -0.15) is 13.2 Å². The molecule has 206 valence electrons. The number of amides is 1. The first kappa shape index (κ1) is 30.3. The van der Waals surface area contributed by atoms with Crippen LogP contribution in [0.3, 0.4) is 0 Å². The number of benzene rings is 3. The fourth-order valence-corrected chi connectivity index (χ4v) is 4.31. The van der Waals surface area contributed by atoms with Gasteiger partial charge in [-0.15, -0.1) is 10.2 Å². The Hall–Kier alpha value is -3.64. The van der Waals surface area contributed by atoms with Crippen molar-refractivity contribution in [3.63, 3.8) is 0 Å². The first-order valence-corrected chi connectivity index (χ1v) is 12.3. The predicted octanol–water partition coefficient (Wildman–Crippen LogP) is 6.16. The minimum atomic E-state index is -4.43. The topological polar surface area (TPSA) is 111 Å². The summed E-state index contributed by atoms with van der Waals surface area (Å²) in [4.78, 5) is 24.2. The second kappa shape index (κ2) is 12.5. The molecule has 1 amide bonds. The maximum atomic E-state index is 12.8. The number of nitrogens with one attached hydrogen (secondary N) is 1. The summed E-state index contributed by atoms with van der Waals surface area (Å²) in [6.07, 6.45) is -4.09. The number of anilines is 1.